The van der Waals surface area contributed by atoms with Gasteiger partial charge in [-0.25, -0.2) is 18.1 Å². The number of sulfonamides is 1. The minimum atomic E-state index is -3.30. The summed E-state index contributed by atoms with van der Waals surface area (Å²) in [4.78, 5) is 7.56. The van der Waals surface area contributed by atoms with Gasteiger partial charge in [-0.2, -0.15) is 0 Å². The number of hydrogen-bond donors (Lipinski definition) is 3. The van der Waals surface area contributed by atoms with Gasteiger partial charge in [-0.15, -0.1) is 11.8 Å². The number of H-pyrrole nitrogens is 1. The van der Waals surface area contributed by atoms with Crippen molar-refractivity contribution in [2.24, 2.45) is 0 Å². The van der Waals surface area contributed by atoms with Crippen LogP contribution in [0.4, 0.5) is 5.69 Å². The number of nitrogens with one attached hydrogen (secondary N) is 2. The SMILES string of the molecule is Nc1ccccc1SCCS(=O)(=O)NCc1cnc[nH]1. The second-order valence-corrected chi connectivity index (χ2v) is 7.17. The van der Waals surface area contributed by atoms with Gasteiger partial charge in [0.25, 0.3) is 0 Å². The van der Waals surface area contributed by atoms with Crippen molar-refractivity contribution in [3.8, 4) is 0 Å². The molecule has 1 aromatic heterocycles. The number of nitrogens with zero attached hydrogens (tertiary/aromatic N) is 1. The van der Waals surface area contributed by atoms with Gasteiger partial charge in [0.15, 0.2) is 0 Å². The van der Waals surface area contributed by atoms with Crippen molar-refractivity contribution in [1.29, 1.82) is 0 Å². The number of rotatable bonds is 7. The molecule has 6 nitrogen and oxygen atoms in total. The van der Waals surface area contributed by atoms with Crippen LogP contribution in [0.2, 0.25) is 0 Å². The van der Waals surface area contributed by atoms with Crippen molar-refractivity contribution in [2.45, 2.75) is 11.4 Å². The van der Waals surface area contributed by atoms with Crippen molar-refractivity contribution < 1.29 is 8.42 Å². The Kier molecular flexibility index (Phi) is 5.05. The molecule has 0 saturated carbocycles. The van der Waals surface area contributed by atoms with E-state index in [9.17, 15) is 8.42 Å². The second kappa shape index (κ2) is 6.78. The summed E-state index contributed by atoms with van der Waals surface area (Å²) in [5, 5.41) is 0. The first kappa shape index (κ1) is 14.9. The van der Waals surface area contributed by atoms with Crippen LogP contribution in [0, 0.1) is 0 Å². The van der Waals surface area contributed by atoms with Crippen molar-refractivity contribution in [3.63, 3.8) is 0 Å². The molecule has 0 bridgehead atoms. The number of para-hydroxylation sites is 1. The van der Waals surface area contributed by atoms with Crippen LogP contribution < -0.4 is 10.5 Å². The summed E-state index contributed by atoms with van der Waals surface area (Å²) in [6.45, 7) is 0.223. The van der Waals surface area contributed by atoms with Crippen LogP contribution in [0.15, 0.2) is 41.7 Å². The van der Waals surface area contributed by atoms with Gasteiger partial charge in [0.1, 0.15) is 0 Å². The van der Waals surface area contributed by atoms with Gasteiger partial charge < -0.3 is 10.7 Å². The number of nitrogen functional groups attached to an aromatic ring is 1. The van der Waals surface area contributed by atoms with Gasteiger partial charge in [0.2, 0.25) is 10.0 Å². The fourth-order valence-electron chi connectivity index (χ4n) is 1.51. The molecule has 0 amide bonds. The zero-order valence-corrected chi connectivity index (χ0v) is 12.4. The predicted molar refractivity (Wildman–Crippen MR) is 80.8 cm³/mol. The largest absolute Gasteiger partial charge is 0.398 e. The smallest absolute Gasteiger partial charge is 0.212 e. The number of thioether (sulfide) groups is 1. The van der Waals surface area contributed by atoms with Gasteiger partial charge in [0, 0.05) is 28.2 Å². The molecule has 108 valence electrons. The van der Waals surface area contributed by atoms with Crippen molar-refractivity contribution >= 4 is 27.5 Å². The summed E-state index contributed by atoms with van der Waals surface area (Å²) >= 11 is 1.43. The van der Waals surface area contributed by atoms with E-state index < -0.39 is 10.0 Å². The Morgan fingerprint density at radius 3 is 2.85 bits per heavy atom. The number of benzene rings is 1. The summed E-state index contributed by atoms with van der Waals surface area (Å²) in [6, 6.07) is 7.41. The summed E-state index contributed by atoms with van der Waals surface area (Å²) in [5.41, 5.74) is 7.19. The lowest BCUT2D eigenvalue weighted by Crippen LogP contribution is -2.27. The van der Waals surface area contributed by atoms with E-state index in [1.807, 2.05) is 18.2 Å². The number of hydrogen-bond acceptors (Lipinski definition) is 5. The molecule has 0 radical (unpaired) electrons. The lowest BCUT2D eigenvalue weighted by Gasteiger charge is -2.07. The third-order valence-electron chi connectivity index (χ3n) is 2.57. The highest BCUT2D eigenvalue weighted by Crippen LogP contribution is 2.24. The lowest BCUT2D eigenvalue weighted by atomic mass is 10.3. The van der Waals surface area contributed by atoms with Crippen molar-refractivity contribution in [2.75, 3.05) is 17.2 Å². The Hall–Kier alpha value is -1.51. The number of anilines is 1. The fourth-order valence-corrected chi connectivity index (χ4v) is 3.87. The van der Waals surface area contributed by atoms with Gasteiger partial charge >= 0.3 is 0 Å². The summed E-state index contributed by atoms with van der Waals surface area (Å²) in [6.07, 6.45) is 3.10. The standard InChI is InChI=1S/C12H16N4O2S2/c13-11-3-1-2-4-12(11)19-5-6-20(17,18)16-8-10-7-14-9-15-10/h1-4,7,9,16H,5-6,8,13H2,(H,14,15). The van der Waals surface area contributed by atoms with E-state index >= 15 is 0 Å². The van der Waals surface area contributed by atoms with Crippen LogP contribution in [-0.4, -0.2) is 29.9 Å². The molecule has 20 heavy (non-hydrogen) atoms. The number of imidazole rings is 1. The monoisotopic (exact) mass is 312 g/mol. The van der Waals surface area contributed by atoms with E-state index in [0.29, 0.717) is 11.4 Å². The zero-order valence-electron chi connectivity index (χ0n) is 10.7. The molecule has 2 aromatic rings. The Morgan fingerprint density at radius 2 is 2.15 bits per heavy atom. The van der Waals surface area contributed by atoms with E-state index in [1.165, 1.54) is 18.1 Å². The van der Waals surface area contributed by atoms with E-state index in [4.69, 9.17) is 5.73 Å². The normalized spacial score (nSPS) is 11.6. The molecule has 0 saturated heterocycles. The average Bonchev–Trinajstić information content (AvgIpc) is 2.92. The molecular formula is C12H16N4O2S2. The number of aromatic amines is 1. The van der Waals surface area contributed by atoms with Crippen LogP contribution in [0.5, 0.6) is 0 Å². The maximum absolute atomic E-state index is 11.8. The highest BCUT2D eigenvalue weighted by molar-refractivity contribution is 8.00. The van der Waals surface area contributed by atoms with Crippen LogP contribution in [0.1, 0.15) is 5.69 Å². The van der Waals surface area contributed by atoms with Crippen LogP contribution in [0.3, 0.4) is 0 Å². The first-order valence-corrected chi connectivity index (χ1v) is 8.62. The topological polar surface area (TPSA) is 101 Å². The van der Waals surface area contributed by atoms with Crippen LogP contribution >= 0.6 is 11.8 Å². The molecule has 2 rings (SSSR count). The predicted octanol–water partition coefficient (Wildman–Crippen LogP) is 1.20. The van der Waals surface area contributed by atoms with Crippen molar-refractivity contribution in [1.82, 2.24) is 14.7 Å². The minimum Gasteiger partial charge on any atom is -0.398 e. The summed E-state index contributed by atoms with van der Waals surface area (Å²) < 4.78 is 26.1. The molecule has 0 aliphatic carbocycles. The number of aromatic nitrogens is 2. The van der Waals surface area contributed by atoms with Gasteiger partial charge in [-0.1, -0.05) is 12.1 Å². The van der Waals surface area contributed by atoms with Gasteiger partial charge in [-0.05, 0) is 12.1 Å². The van der Waals surface area contributed by atoms with E-state index in [-0.39, 0.29) is 12.3 Å². The maximum Gasteiger partial charge on any atom is 0.212 e. The Bertz CT molecular complexity index is 641. The van der Waals surface area contributed by atoms with Crippen LogP contribution in [-0.2, 0) is 16.6 Å². The molecule has 0 unspecified atom stereocenters. The maximum atomic E-state index is 11.8. The molecular weight excluding hydrogens is 296 g/mol. The highest BCUT2D eigenvalue weighted by atomic mass is 32.2. The zero-order chi connectivity index (χ0) is 14.4. The first-order chi connectivity index (χ1) is 9.57. The van der Waals surface area contributed by atoms with E-state index in [1.54, 1.807) is 12.3 Å². The molecule has 1 aromatic carbocycles. The molecule has 0 aliphatic heterocycles. The van der Waals surface area contributed by atoms with Crippen molar-refractivity contribution in [3.05, 3.63) is 42.5 Å². The molecule has 0 fully saturated rings. The van der Waals surface area contributed by atoms with Gasteiger partial charge in [0.05, 0.1) is 18.6 Å². The van der Waals surface area contributed by atoms with Crippen LogP contribution in [0.25, 0.3) is 0 Å². The third kappa shape index (κ3) is 4.55. The fraction of sp³-hybridized carbons (Fsp3) is 0.250. The number of nitrogens with two attached hydrogens (primary N) is 1. The van der Waals surface area contributed by atoms with Gasteiger partial charge in [-0.3, -0.25) is 0 Å². The lowest BCUT2D eigenvalue weighted by molar-refractivity contribution is 0.582. The Balaban J connectivity index is 1.79. The molecule has 4 N–H and O–H groups in total. The third-order valence-corrected chi connectivity index (χ3v) is 5.24. The Labute approximate surface area is 122 Å². The molecule has 0 aliphatic rings. The molecule has 8 heteroatoms. The highest BCUT2D eigenvalue weighted by Gasteiger charge is 2.11. The van der Waals surface area contributed by atoms with E-state index in [2.05, 4.69) is 14.7 Å². The first-order valence-electron chi connectivity index (χ1n) is 5.99. The quantitative estimate of drug-likeness (QED) is 0.527. The molecule has 1 heterocycles. The average molecular weight is 312 g/mol. The Morgan fingerprint density at radius 1 is 1.35 bits per heavy atom. The van der Waals surface area contributed by atoms with E-state index in [0.717, 1.165) is 10.6 Å². The molecule has 0 atom stereocenters. The summed E-state index contributed by atoms with van der Waals surface area (Å²) in [7, 11) is -3.30. The summed E-state index contributed by atoms with van der Waals surface area (Å²) in [5.74, 6) is 0.493. The molecule has 0 spiro atoms. The second-order valence-electron chi connectivity index (χ2n) is 4.10. The minimum absolute atomic E-state index is 0.0418.